The molecule has 0 aromatic rings. The zero-order valence-corrected chi connectivity index (χ0v) is 15.4. The molecule has 2 unspecified atom stereocenters. The largest absolute Gasteiger partial charge is 0.480 e. The Morgan fingerprint density at radius 2 is 1.38 bits per heavy atom. The van der Waals surface area contributed by atoms with Crippen LogP contribution in [0.3, 0.4) is 0 Å². The van der Waals surface area contributed by atoms with Gasteiger partial charge in [-0.05, 0) is 20.3 Å². The minimum Gasteiger partial charge on any atom is -0.480 e. The van der Waals surface area contributed by atoms with Gasteiger partial charge in [0.25, 0.3) is 0 Å². The fourth-order valence-corrected chi connectivity index (χ4v) is 2.57. The van der Waals surface area contributed by atoms with Gasteiger partial charge in [0.15, 0.2) is 0 Å². The van der Waals surface area contributed by atoms with Crippen LogP contribution in [-0.4, -0.2) is 39.9 Å². The Morgan fingerprint density at radius 3 is 1.79 bits per heavy atom. The topological polar surface area (TPSA) is 101 Å². The van der Waals surface area contributed by atoms with E-state index in [2.05, 4.69) is 6.92 Å². The summed E-state index contributed by atoms with van der Waals surface area (Å²) in [6.45, 7) is 4.98. The Bertz CT molecular complexity index is 396. The lowest BCUT2D eigenvalue weighted by Gasteiger charge is -2.26. The van der Waals surface area contributed by atoms with E-state index in [1.807, 2.05) is 0 Å². The highest BCUT2D eigenvalue weighted by Gasteiger charge is 2.32. The standard InChI is InChI=1S/C18H34N2O4/c1-4-5-6-7-8-9-10-11-12-13-16(21)20(15(3)18(23)24)17(22)14(2)19/h14-15H,4-13,19H2,1-3H3,(H,23,24). The van der Waals surface area contributed by atoms with Crippen LogP contribution in [0.1, 0.15) is 85.0 Å². The van der Waals surface area contributed by atoms with Crippen molar-refractivity contribution < 1.29 is 19.5 Å². The number of unbranched alkanes of at least 4 members (excludes halogenated alkanes) is 8. The molecule has 24 heavy (non-hydrogen) atoms. The van der Waals surface area contributed by atoms with Gasteiger partial charge < -0.3 is 10.8 Å². The smallest absolute Gasteiger partial charge is 0.326 e. The third-order valence-electron chi connectivity index (χ3n) is 4.13. The number of nitrogens with two attached hydrogens (primary N) is 1. The van der Waals surface area contributed by atoms with Crippen molar-refractivity contribution >= 4 is 17.8 Å². The van der Waals surface area contributed by atoms with Gasteiger partial charge in [0.05, 0.1) is 6.04 Å². The maximum atomic E-state index is 12.2. The highest BCUT2D eigenvalue weighted by atomic mass is 16.4. The van der Waals surface area contributed by atoms with E-state index in [4.69, 9.17) is 10.8 Å². The van der Waals surface area contributed by atoms with Gasteiger partial charge in [-0.15, -0.1) is 0 Å². The molecular weight excluding hydrogens is 308 g/mol. The predicted octanol–water partition coefficient (Wildman–Crippen LogP) is 3.08. The zero-order chi connectivity index (χ0) is 18.5. The molecule has 3 N–H and O–H groups in total. The van der Waals surface area contributed by atoms with Gasteiger partial charge in [-0.1, -0.05) is 58.3 Å². The van der Waals surface area contributed by atoms with Crippen LogP contribution in [0.4, 0.5) is 0 Å². The lowest BCUT2D eigenvalue weighted by molar-refractivity contribution is -0.157. The number of imide groups is 1. The third-order valence-corrected chi connectivity index (χ3v) is 4.13. The summed E-state index contributed by atoms with van der Waals surface area (Å²) in [5.41, 5.74) is 5.52. The highest BCUT2D eigenvalue weighted by Crippen LogP contribution is 2.13. The average molecular weight is 342 g/mol. The molecule has 2 amide bonds. The molecule has 0 heterocycles. The van der Waals surface area contributed by atoms with Gasteiger partial charge in [-0.25, -0.2) is 4.79 Å². The van der Waals surface area contributed by atoms with Gasteiger partial charge in [0.2, 0.25) is 11.8 Å². The van der Waals surface area contributed by atoms with E-state index in [1.165, 1.54) is 46.0 Å². The first-order valence-electron chi connectivity index (χ1n) is 9.17. The lowest BCUT2D eigenvalue weighted by Crippen LogP contribution is -2.52. The van der Waals surface area contributed by atoms with Crippen molar-refractivity contribution in [2.75, 3.05) is 0 Å². The second-order valence-corrected chi connectivity index (χ2v) is 6.48. The molecule has 0 saturated carbocycles. The summed E-state index contributed by atoms with van der Waals surface area (Å²) in [5.74, 6) is -2.29. The second-order valence-electron chi connectivity index (χ2n) is 6.48. The molecule has 6 nitrogen and oxygen atoms in total. The Balaban J connectivity index is 4.16. The summed E-state index contributed by atoms with van der Waals surface area (Å²) < 4.78 is 0. The number of aliphatic carboxylic acids is 1. The minimum absolute atomic E-state index is 0.186. The van der Waals surface area contributed by atoms with E-state index in [9.17, 15) is 14.4 Å². The summed E-state index contributed by atoms with van der Waals surface area (Å²) in [7, 11) is 0. The van der Waals surface area contributed by atoms with Gasteiger partial charge in [-0.3, -0.25) is 14.5 Å². The van der Waals surface area contributed by atoms with E-state index >= 15 is 0 Å². The van der Waals surface area contributed by atoms with Crippen LogP contribution in [0, 0.1) is 0 Å². The summed E-state index contributed by atoms with van der Waals surface area (Å²) in [6.07, 6.45) is 10.3. The Labute approximate surface area is 145 Å². The molecule has 0 spiro atoms. The number of hydrogen-bond acceptors (Lipinski definition) is 4. The summed E-state index contributed by atoms with van der Waals surface area (Å²) in [5, 5.41) is 9.08. The number of hydrogen-bond donors (Lipinski definition) is 2. The Hall–Kier alpha value is -1.43. The van der Waals surface area contributed by atoms with E-state index < -0.39 is 29.9 Å². The van der Waals surface area contributed by atoms with Crippen molar-refractivity contribution in [2.24, 2.45) is 5.73 Å². The molecule has 0 radical (unpaired) electrons. The van der Waals surface area contributed by atoms with Gasteiger partial charge >= 0.3 is 5.97 Å². The van der Waals surface area contributed by atoms with Crippen LogP contribution >= 0.6 is 0 Å². The van der Waals surface area contributed by atoms with Crippen LogP contribution in [0.25, 0.3) is 0 Å². The third kappa shape index (κ3) is 9.01. The second kappa shape index (κ2) is 12.9. The van der Waals surface area contributed by atoms with Crippen LogP contribution in [-0.2, 0) is 14.4 Å². The number of carbonyl (C=O) groups excluding carboxylic acids is 2. The molecule has 0 fully saturated rings. The Kier molecular flexibility index (Phi) is 12.2. The fourth-order valence-electron chi connectivity index (χ4n) is 2.57. The first kappa shape index (κ1) is 22.6. The number of carbonyl (C=O) groups is 3. The van der Waals surface area contributed by atoms with E-state index in [-0.39, 0.29) is 6.42 Å². The lowest BCUT2D eigenvalue weighted by atomic mass is 10.1. The molecule has 0 bridgehead atoms. The fraction of sp³-hybridized carbons (Fsp3) is 0.833. The van der Waals surface area contributed by atoms with Crippen LogP contribution in [0.15, 0.2) is 0 Å². The van der Waals surface area contributed by atoms with Crippen LogP contribution < -0.4 is 5.73 Å². The maximum Gasteiger partial charge on any atom is 0.326 e. The molecule has 140 valence electrons. The van der Waals surface area contributed by atoms with E-state index in [0.717, 1.165) is 24.2 Å². The first-order valence-corrected chi connectivity index (χ1v) is 9.17. The van der Waals surface area contributed by atoms with Crippen molar-refractivity contribution in [2.45, 2.75) is 97.1 Å². The number of nitrogens with zero attached hydrogens (tertiary/aromatic N) is 1. The molecular formula is C18H34N2O4. The molecule has 0 aliphatic heterocycles. The van der Waals surface area contributed by atoms with Crippen molar-refractivity contribution in [3.05, 3.63) is 0 Å². The quantitative estimate of drug-likeness (QED) is 0.501. The van der Waals surface area contributed by atoms with Gasteiger partial charge in [0, 0.05) is 6.42 Å². The van der Waals surface area contributed by atoms with E-state index in [0.29, 0.717) is 6.42 Å². The van der Waals surface area contributed by atoms with Crippen molar-refractivity contribution in [1.82, 2.24) is 4.90 Å². The van der Waals surface area contributed by atoms with Gasteiger partial charge in [-0.2, -0.15) is 0 Å². The van der Waals surface area contributed by atoms with E-state index in [1.54, 1.807) is 0 Å². The van der Waals surface area contributed by atoms with Crippen LogP contribution in [0.2, 0.25) is 0 Å². The molecule has 2 atom stereocenters. The maximum absolute atomic E-state index is 12.2. The Morgan fingerprint density at radius 1 is 0.917 bits per heavy atom. The number of carboxylic acid groups (broad SMARTS) is 1. The van der Waals surface area contributed by atoms with Crippen molar-refractivity contribution in [1.29, 1.82) is 0 Å². The minimum atomic E-state index is -1.20. The van der Waals surface area contributed by atoms with Gasteiger partial charge in [0.1, 0.15) is 6.04 Å². The number of amides is 2. The molecule has 0 aliphatic carbocycles. The van der Waals surface area contributed by atoms with Crippen LogP contribution in [0.5, 0.6) is 0 Å². The SMILES string of the molecule is CCCCCCCCCCCC(=O)N(C(=O)C(C)N)C(C)C(=O)O. The molecule has 6 heteroatoms. The highest BCUT2D eigenvalue weighted by molar-refractivity contribution is 6.00. The molecule has 0 rings (SSSR count). The number of carboxylic acids is 1. The normalized spacial score (nSPS) is 13.3. The summed E-state index contributed by atoms with van der Waals surface area (Å²) >= 11 is 0. The summed E-state index contributed by atoms with van der Waals surface area (Å²) in [6, 6.07) is -2.08. The molecule has 0 aliphatic rings. The molecule has 0 aromatic carbocycles. The monoisotopic (exact) mass is 342 g/mol. The average Bonchev–Trinajstić information content (AvgIpc) is 2.53. The molecule has 0 aromatic heterocycles. The summed E-state index contributed by atoms with van der Waals surface area (Å²) in [4.78, 5) is 36.1. The number of rotatable bonds is 13. The first-order chi connectivity index (χ1) is 11.3. The molecule has 0 saturated heterocycles. The van der Waals surface area contributed by atoms with Crippen molar-refractivity contribution in [3.8, 4) is 0 Å². The predicted molar refractivity (Wildman–Crippen MR) is 94.4 cm³/mol. The van der Waals surface area contributed by atoms with Crippen molar-refractivity contribution in [3.63, 3.8) is 0 Å². The zero-order valence-electron chi connectivity index (χ0n) is 15.4.